The largest absolute Gasteiger partial charge is 0.356 e. The fraction of sp³-hybridized carbons (Fsp3) is 0.385. The predicted octanol–water partition coefficient (Wildman–Crippen LogP) is 0.960. The number of aromatic amines is 1. The maximum Gasteiger partial charge on any atom is 0.220 e. The van der Waals surface area contributed by atoms with E-state index >= 15 is 0 Å². The van der Waals surface area contributed by atoms with Crippen molar-refractivity contribution in [2.45, 2.75) is 19.3 Å². The fourth-order valence-corrected chi connectivity index (χ4v) is 1.80. The van der Waals surface area contributed by atoms with Gasteiger partial charge in [-0.25, -0.2) is 4.98 Å². The number of carbonyl (C=O) groups is 1. The number of aromatic nitrogens is 2. The van der Waals surface area contributed by atoms with Crippen LogP contribution in [-0.2, 0) is 11.2 Å². The number of amides is 1. The van der Waals surface area contributed by atoms with Crippen molar-refractivity contribution in [3.63, 3.8) is 0 Å². The van der Waals surface area contributed by atoms with Crippen molar-refractivity contribution >= 4 is 16.9 Å². The van der Waals surface area contributed by atoms with E-state index in [0.29, 0.717) is 25.9 Å². The van der Waals surface area contributed by atoms with Gasteiger partial charge in [-0.15, -0.1) is 0 Å². The van der Waals surface area contributed by atoms with Gasteiger partial charge in [0.1, 0.15) is 5.82 Å². The summed E-state index contributed by atoms with van der Waals surface area (Å²) >= 11 is 0. The van der Waals surface area contributed by atoms with Crippen LogP contribution in [0.5, 0.6) is 0 Å². The molecule has 0 bridgehead atoms. The molecule has 0 aliphatic rings. The first kappa shape index (κ1) is 12.6. The number of rotatable bonds is 6. The molecular formula is C13H18N4O. The average Bonchev–Trinajstić information content (AvgIpc) is 2.79. The lowest BCUT2D eigenvalue weighted by Crippen LogP contribution is -2.26. The van der Waals surface area contributed by atoms with Gasteiger partial charge in [-0.1, -0.05) is 12.1 Å². The molecule has 0 radical (unpaired) electrons. The van der Waals surface area contributed by atoms with Crippen LogP contribution in [0.4, 0.5) is 0 Å². The minimum atomic E-state index is 0.0524. The second kappa shape index (κ2) is 6.16. The molecule has 0 saturated heterocycles. The lowest BCUT2D eigenvalue weighted by Gasteiger charge is -2.02. The number of carbonyl (C=O) groups excluding carboxylic acids is 1. The van der Waals surface area contributed by atoms with Crippen molar-refractivity contribution in [1.82, 2.24) is 15.3 Å². The summed E-state index contributed by atoms with van der Waals surface area (Å²) in [6, 6.07) is 7.89. The molecule has 1 aromatic carbocycles. The number of para-hydroxylation sites is 2. The molecule has 0 saturated carbocycles. The number of imidazole rings is 1. The van der Waals surface area contributed by atoms with E-state index in [-0.39, 0.29) is 5.91 Å². The van der Waals surface area contributed by atoms with Gasteiger partial charge in [0.25, 0.3) is 0 Å². The molecule has 0 aliphatic carbocycles. The van der Waals surface area contributed by atoms with E-state index in [4.69, 9.17) is 5.73 Å². The number of nitrogens with two attached hydrogens (primary N) is 1. The highest BCUT2D eigenvalue weighted by Gasteiger charge is 2.03. The van der Waals surface area contributed by atoms with E-state index in [9.17, 15) is 4.79 Å². The molecule has 1 amide bonds. The molecule has 96 valence electrons. The highest BCUT2D eigenvalue weighted by atomic mass is 16.1. The molecule has 2 aromatic rings. The Balaban J connectivity index is 1.81. The number of hydrogen-bond acceptors (Lipinski definition) is 3. The van der Waals surface area contributed by atoms with E-state index in [1.807, 2.05) is 24.3 Å². The Morgan fingerprint density at radius 1 is 1.39 bits per heavy atom. The van der Waals surface area contributed by atoms with Crippen molar-refractivity contribution in [3.8, 4) is 0 Å². The number of H-pyrrole nitrogens is 1. The van der Waals surface area contributed by atoms with Gasteiger partial charge >= 0.3 is 0 Å². The van der Waals surface area contributed by atoms with E-state index in [0.717, 1.165) is 23.3 Å². The van der Waals surface area contributed by atoms with Crippen LogP contribution in [0.25, 0.3) is 11.0 Å². The van der Waals surface area contributed by atoms with Crippen LogP contribution in [-0.4, -0.2) is 29.0 Å². The Kier molecular flexibility index (Phi) is 4.30. The highest BCUT2D eigenvalue weighted by molar-refractivity contribution is 5.76. The molecule has 5 heteroatoms. The van der Waals surface area contributed by atoms with Crippen LogP contribution in [0, 0.1) is 0 Å². The molecule has 1 aromatic heterocycles. The molecule has 2 rings (SSSR count). The van der Waals surface area contributed by atoms with Crippen molar-refractivity contribution < 1.29 is 4.79 Å². The van der Waals surface area contributed by atoms with E-state index in [1.54, 1.807) is 0 Å². The molecular weight excluding hydrogens is 228 g/mol. The van der Waals surface area contributed by atoms with Crippen LogP contribution in [0.15, 0.2) is 24.3 Å². The molecule has 1 heterocycles. The lowest BCUT2D eigenvalue weighted by molar-refractivity contribution is -0.121. The second-order valence-electron chi connectivity index (χ2n) is 4.19. The van der Waals surface area contributed by atoms with Crippen LogP contribution >= 0.6 is 0 Å². The molecule has 0 spiro atoms. The van der Waals surface area contributed by atoms with E-state index in [1.165, 1.54) is 0 Å². The first-order chi connectivity index (χ1) is 8.79. The standard InChI is InChI=1S/C13H18N4O/c14-8-3-6-13(18)15-9-7-12-16-10-4-1-2-5-11(10)17-12/h1-2,4-5H,3,6-9,14H2,(H,15,18)(H,16,17). The number of fused-ring (bicyclic) bond motifs is 1. The first-order valence-electron chi connectivity index (χ1n) is 6.20. The monoisotopic (exact) mass is 246 g/mol. The Morgan fingerprint density at radius 2 is 2.22 bits per heavy atom. The summed E-state index contributed by atoms with van der Waals surface area (Å²) in [5.74, 6) is 0.951. The van der Waals surface area contributed by atoms with Crippen LogP contribution in [0.3, 0.4) is 0 Å². The summed E-state index contributed by atoms with van der Waals surface area (Å²) in [6.45, 7) is 1.15. The summed E-state index contributed by atoms with van der Waals surface area (Å²) in [5, 5.41) is 2.86. The minimum Gasteiger partial charge on any atom is -0.356 e. The molecule has 18 heavy (non-hydrogen) atoms. The van der Waals surface area contributed by atoms with Crippen molar-refractivity contribution in [2.24, 2.45) is 5.73 Å². The third-order valence-electron chi connectivity index (χ3n) is 2.73. The predicted molar refractivity (Wildman–Crippen MR) is 71.1 cm³/mol. The van der Waals surface area contributed by atoms with Gasteiger partial charge in [-0.05, 0) is 25.1 Å². The summed E-state index contributed by atoms with van der Waals surface area (Å²) in [5.41, 5.74) is 7.33. The molecule has 4 N–H and O–H groups in total. The average molecular weight is 246 g/mol. The zero-order chi connectivity index (χ0) is 12.8. The van der Waals surface area contributed by atoms with E-state index in [2.05, 4.69) is 15.3 Å². The maximum absolute atomic E-state index is 11.4. The first-order valence-corrected chi connectivity index (χ1v) is 6.20. The quantitative estimate of drug-likeness (QED) is 0.710. The number of nitrogens with one attached hydrogen (secondary N) is 2. The molecule has 0 atom stereocenters. The molecule has 5 nitrogen and oxygen atoms in total. The van der Waals surface area contributed by atoms with Gasteiger partial charge in [0, 0.05) is 19.4 Å². The van der Waals surface area contributed by atoms with Crippen LogP contribution < -0.4 is 11.1 Å². The van der Waals surface area contributed by atoms with Crippen molar-refractivity contribution in [1.29, 1.82) is 0 Å². The van der Waals surface area contributed by atoms with Crippen molar-refractivity contribution in [2.75, 3.05) is 13.1 Å². The summed E-state index contributed by atoms with van der Waals surface area (Å²) in [6.07, 6.45) is 1.94. The summed E-state index contributed by atoms with van der Waals surface area (Å²) in [7, 11) is 0. The Labute approximate surface area is 106 Å². The minimum absolute atomic E-state index is 0.0524. The Morgan fingerprint density at radius 3 is 3.00 bits per heavy atom. The zero-order valence-electron chi connectivity index (χ0n) is 10.3. The zero-order valence-corrected chi connectivity index (χ0v) is 10.3. The second-order valence-corrected chi connectivity index (χ2v) is 4.19. The van der Waals surface area contributed by atoms with Crippen LogP contribution in [0.2, 0.25) is 0 Å². The van der Waals surface area contributed by atoms with Gasteiger partial charge in [-0.3, -0.25) is 4.79 Å². The lowest BCUT2D eigenvalue weighted by atomic mass is 10.3. The molecule has 0 fully saturated rings. The van der Waals surface area contributed by atoms with Gasteiger partial charge < -0.3 is 16.0 Å². The van der Waals surface area contributed by atoms with Gasteiger partial charge in [0.05, 0.1) is 11.0 Å². The number of hydrogen-bond donors (Lipinski definition) is 3. The SMILES string of the molecule is NCCCC(=O)NCCc1nc2ccccc2[nH]1. The topological polar surface area (TPSA) is 83.8 Å². The van der Waals surface area contributed by atoms with Gasteiger partial charge in [0.15, 0.2) is 0 Å². The van der Waals surface area contributed by atoms with Gasteiger partial charge in [0.2, 0.25) is 5.91 Å². The highest BCUT2D eigenvalue weighted by Crippen LogP contribution is 2.10. The summed E-state index contributed by atoms with van der Waals surface area (Å²) in [4.78, 5) is 19.0. The Bertz CT molecular complexity index is 487. The third-order valence-corrected chi connectivity index (χ3v) is 2.73. The number of nitrogens with zero attached hydrogens (tertiary/aromatic N) is 1. The van der Waals surface area contributed by atoms with Crippen molar-refractivity contribution in [3.05, 3.63) is 30.1 Å². The Hall–Kier alpha value is -1.88. The summed E-state index contributed by atoms with van der Waals surface area (Å²) < 4.78 is 0. The van der Waals surface area contributed by atoms with E-state index < -0.39 is 0 Å². The third kappa shape index (κ3) is 3.30. The molecule has 0 unspecified atom stereocenters. The molecule has 0 aliphatic heterocycles. The smallest absolute Gasteiger partial charge is 0.220 e. The maximum atomic E-state index is 11.4. The normalized spacial score (nSPS) is 10.7. The fourth-order valence-electron chi connectivity index (χ4n) is 1.80. The van der Waals surface area contributed by atoms with Gasteiger partial charge in [-0.2, -0.15) is 0 Å². The van der Waals surface area contributed by atoms with Crippen LogP contribution in [0.1, 0.15) is 18.7 Å². The number of benzene rings is 1.